The third kappa shape index (κ3) is 5.89. The molecule has 0 spiro atoms. The maximum Gasteiger partial charge on any atom is 0.338 e. The standard InChI is InChI=1S/C24H23ClFNO4/c1-3-30-24(28)17-8-10-18(11-9-17)27-14-16-7-12-22(23(13-16)29-2)31-15-19-20(25)5-4-6-21(19)26/h4-13,27H,3,14-15H2,1-2H3. The number of hydrogen-bond acceptors (Lipinski definition) is 5. The summed E-state index contributed by atoms with van der Waals surface area (Å²) in [6.07, 6.45) is 0. The van der Waals surface area contributed by atoms with Crippen molar-refractivity contribution < 1.29 is 23.4 Å². The first-order valence-electron chi connectivity index (χ1n) is 9.75. The van der Waals surface area contributed by atoms with Gasteiger partial charge in [0.05, 0.1) is 24.3 Å². The number of halogens is 2. The average molecular weight is 444 g/mol. The maximum atomic E-state index is 13.9. The fourth-order valence-electron chi connectivity index (χ4n) is 2.90. The Hall–Kier alpha value is -3.25. The highest BCUT2D eigenvalue weighted by Crippen LogP contribution is 2.30. The molecule has 0 aliphatic rings. The molecule has 5 nitrogen and oxygen atoms in total. The molecule has 162 valence electrons. The van der Waals surface area contributed by atoms with E-state index in [1.807, 2.05) is 24.3 Å². The Bertz CT molecular complexity index is 1020. The molecule has 0 atom stereocenters. The second kappa shape index (κ2) is 10.7. The predicted octanol–water partition coefficient (Wildman–Crippen LogP) is 5.86. The zero-order valence-electron chi connectivity index (χ0n) is 17.3. The number of carbonyl (C=O) groups is 1. The van der Waals surface area contributed by atoms with E-state index in [0.717, 1.165) is 11.3 Å². The number of nitrogens with one attached hydrogen (secondary N) is 1. The molecule has 0 radical (unpaired) electrons. The van der Waals surface area contributed by atoms with Crippen LogP contribution >= 0.6 is 11.6 Å². The number of ether oxygens (including phenoxy) is 3. The van der Waals surface area contributed by atoms with Crippen molar-refractivity contribution in [1.82, 2.24) is 0 Å². The van der Waals surface area contributed by atoms with E-state index in [9.17, 15) is 9.18 Å². The van der Waals surface area contributed by atoms with Crippen molar-refractivity contribution in [2.75, 3.05) is 19.0 Å². The average Bonchev–Trinajstić information content (AvgIpc) is 2.78. The molecule has 31 heavy (non-hydrogen) atoms. The van der Waals surface area contributed by atoms with Crippen LogP contribution in [0.2, 0.25) is 5.02 Å². The lowest BCUT2D eigenvalue weighted by Gasteiger charge is -2.14. The van der Waals surface area contributed by atoms with Crippen molar-refractivity contribution in [2.45, 2.75) is 20.1 Å². The lowest BCUT2D eigenvalue weighted by atomic mass is 10.1. The summed E-state index contributed by atoms with van der Waals surface area (Å²) in [5, 5.41) is 3.60. The lowest BCUT2D eigenvalue weighted by Crippen LogP contribution is -2.05. The number of hydrogen-bond donors (Lipinski definition) is 1. The summed E-state index contributed by atoms with van der Waals surface area (Å²) in [4.78, 5) is 11.7. The number of esters is 1. The van der Waals surface area contributed by atoms with Crippen LogP contribution in [0.4, 0.5) is 10.1 Å². The van der Waals surface area contributed by atoms with E-state index in [-0.39, 0.29) is 12.6 Å². The Morgan fingerprint density at radius 2 is 1.84 bits per heavy atom. The van der Waals surface area contributed by atoms with Crippen LogP contribution < -0.4 is 14.8 Å². The first-order chi connectivity index (χ1) is 15.0. The highest BCUT2D eigenvalue weighted by atomic mass is 35.5. The summed E-state index contributed by atoms with van der Waals surface area (Å²) in [5.74, 6) is 0.265. The fraction of sp³-hybridized carbons (Fsp3) is 0.208. The Balaban J connectivity index is 1.62. The molecule has 0 bridgehead atoms. The van der Waals surface area contributed by atoms with Gasteiger partial charge in [-0.2, -0.15) is 0 Å². The van der Waals surface area contributed by atoms with E-state index >= 15 is 0 Å². The molecule has 0 aliphatic heterocycles. The molecule has 1 N–H and O–H groups in total. The molecule has 3 aromatic rings. The predicted molar refractivity (Wildman–Crippen MR) is 118 cm³/mol. The van der Waals surface area contributed by atoms with Gasteiger partial charge in [0.15, 0.2) is 11.5 Å². The van der Waals surface area contributed by atoms with Crippen LogP contribution in [0.5, 0.6) is 11.5 Å². The zero-order valence-corrected chi connectivity index (χ0v) is 18.0. The first kappa shape index (κ1) is 22.4. The normalized spacial score (nSPS) is 10.5. The quantitative estimate of drug-likeness (QED) is 0.420. The number of methoxy groups -OCH3 is 1. The van der Waals surface area contributed by atoms with Gasteiger partial charge in [-0.3, -0.25) is 0 Å². The molecule has 7 heteroatoms. The minimum atomic E-state index is -0.415. The van der Waals surface area contributed by atoms with E-state index in [4.69, 9.17) is 25.8 Å². The van der Waals surface area contributed by atoms with Crippen molar-refractivity contribution >= 4 is 23.3 Å². The van der Waals surface area contributed by atoms with Gasteiger partial charge in [-0.1, -0.05) is 23.7 Å². The SMILES string of the molecule is CCOC(=O)c1ccc(NCc2ccc(OCc3c(F)cccc3Cl)c(OC)c2)cc1. The Morgan fingerprint density at radius 1 is 1.06 bits per heavy atom. The van der Waals surface area contributed by atoms with Gasteiger partial charge >= 0.3 is 5.97 Å². The molecule has 0 saturated carbocycles. The molecule has 0 aliphatic carbocycles. The Labute approximate surface area is 185 Å². The Kier molecular flexibility index (Phi) is 7.73. The van der Waals surface area contributed by atoms with Crippen molar-refractivity contribution in [3.05, 3.63) is 88.2 Å². The number of benzene rings is 3. The van der Waals surface area contributed by atoms with Crippen LogP contribution in [0.25, 0.3) is 0 Å². The van der Waals surface area contributed by atoms with Gasteiger partial charge in [-0.15, -0.1) is 0 Å². The third-order valence-electron chi connectivity index (χ3n) is 4.55. The summed E-state index contributed by atoms with van der Waals surface area (Å²) < 4.78 is 30.1. The summed E-state index contributed by atoms with van der Waals surface area (Å²) in [5.41, 5.74) is 2.62. The van der Waals surface area contributed by atoms with Crippen LogP contribution in [-0.4, -0.2) is 19.7 Å². The lowest BCUT2D eigenvalue weighted by molar-refractivity contribution is 0.0526. The Morgan fingerprint density at radius 3 is 2.52 bits per heavy atom. The molecule has 0 aromatic heterocycles. The van der Waals surface area contributed by atoms with Crippen LogP contribution in [0.3, 0.4) is 0 Å². The minimum Gasteiger partial charge on any atom is -0.493 e. The third-order valence-corrected chi connectivity index (χ3v) is 4.91. The van der Waals surface area contributed by atoms with Gasteiger partial charge in [0.1, 0.15) is 12.4 Å². The molecular weight excluding hydrogens is 421 g/mol. The van der Waals surface area contributed by atoms with Crippen molar-refractivity contribution in [1.29, 1.82) is 0 Å². The summed E-state index contributed by atoms with van der Waals surface area (Å²) in [7, 11) is 1.55. The van der Waals surface area contributed by atoms with E-state index in [2.05, 4.69) is 5.32 Å². The second-order valence-electron chi connectivity index (χ2n) is 6.63. The summed E-state index contributed by atoms with van der Waals surface area (Å²) in [6.45, 7) is 2.64. The monoisotopic (exact) mass is 443 g/mol. The van der Waals surface area contributed by atoms with Crippen LogP contribution in [-0.2, 0) is 17.9 Å². The van der Waals surface area contributed by atoms with Crippen LogP contribution in [0.15, 0.2) is 60.7 Å². The molecule has 0 heterocycles. The minimum absolute atomic E-state index is 0.00766. The number of anilines is 1. The van der Waals surface area contributed by atoms with Crippen molar-refractivity contribution in [2.24, 2.45) is 0 Å². The van der Waals surface area contributed by atoms with E-state index in [1.165, 1.54) is 6.07 Å². The second-order valence-corrected chi connectivity index (χ2v) is 7.03. The highest BCUT2D eigenvalue weighted by Gasteiger charge is 2.11. The smallest absolute Gasteiger partial charge is 0.338 e. The van der Waals surface area contributed by atoms with E-state index in [0.29, 0.717) is 40.8 Å². The van der Waals surface area contributed by atoms with Crippen molar-refractivity contribution in [3.8, 4) is 11.5 Å². The molecule has 0 amide bonds. The molecule has 0 saturated heterocycles. The van der Waals surface area contributed by atoms with Gasteiger partial charge in [0, 0.05) is 17.8 Å². The topological polar surface area (TPSA) is 56.8 Å². The van der Waals surface area contributed by atoms with Crippen molar-refractivity contribution in [3.63, 3.8) is 0 Å². The summed E-state index contributed by atoms with van der Waals surface area (Å²) >= 11 is 6.05. The first-order valence-corrected chi connectivity index (χ1v) is 10.1. The van der Waals surface area contributed by atoms with E-state index in [1.54, 1.807) is 44.4 Å². The van der Waals surface area contributed by atoms with Gasteiger partial charge < -0.3 is 19.5 Å². The number of carbonyl (C=O) groups excluding carboxylic acids is 1. The van der Waals surface area contributed by atoms with Gasteiger partial charge in [-0.25, -0.2) is 9.18 Å². The van der Waals surface area contributed by atoms with Gasteiger partial charge in [0.25, 0.3) is 0 Å². The molecule has 3 rings (SSSR count). The molecular formula is C24H23ClFNO4. The zero-order chi connectivity index (χ0) is 22.2. The van der Waals surface area contributed by atoms with Gasteiger partial charge in [-0.05, 0) is 61.0 Å². The maximum absolute atomic E-state index is 13.9. The molecule has 0 fully saturated rings. The largest absolute Gasteiger partial charge is 0.493 e. The summed E-state index contributed by atoms with van der Waals surface area (Å²) in [6, 6.07) is 17.1. The van der Waals surface area contributed by atoms with Gasteiger partial charge in [0.2, 0.25) is 0 Å². The van der Waals surface area contributed by atoms with Crippen LogP contribution in [0, 0.1) is 5.82 Å². The molecule has 0 unspecified atom stereocenters. The van der Waals surface area contributed by atoms with E-state index < -0.39 is 5.82 Å². The molecule has 3 aromatic carbocycles. The van der Waals surface area contributed by atoms with Crippen LogP contribution in [0.1, 0.15) is 28.4 Å². The number of rotatable bonds is 9. The fourth-order valence-corrected chi connectivity index (χ4v) is 3.12. The highest BCUT2D eigenvalue weighted by molar-refractivity contribution is 6.31.